The maximum absolute atomic E-state index is 13.4. The average molecular weight is 368 g/mol. The van der Waals surface area contributed by atoms with Crippen molar-refractivity contribution in [3.8, 4) is 5.75 Å². The zero-order valence-corrected chi connectivity index (χ0v) is 13.2. The van der Waals surface area contributed by atoms with E-state index in [0.29, 0.717) is 4.57 Å². The van der Waals surface area contributed by atoms with E-state index in [4.69, 9.17) is 10.2 Å². The number of benzene rings is 1. The van der Waals surface area contributed by atoms with E-state index in [0.717, 1.165) is 23.9 Å². The molecule has 7 nitrogen and oxygen atoms in total. The lowest BCUT2D eigenvalue weighted by atomic mass is 10.1. The van der Waals surface area contributed by atoms with Crippen molar-refractivity contribution in [1.82, 2.24) is 9.55 Å². The first-order valence-corrected chi connectivity index (χ1v) is 7.87. The van der Waals surface area contributed by atoms with Crippen molar-refractivity contribution in [3.05, 3.63) is 61.3 Å². The van der Waals surface area contributed by atoms with E-state index in [2.05, 4.69) is 4.98 Å². The summed E-state index contributed by atoms with van der Waals surface area (Å²) in [5, 5.41) is 18.4. The Balaban J connectivity index is 2.11. The van der Waals surface area contributed by atoms with E-state index in [-0.39, 0.29) is 27.5 Å². The van der Waals surface area contributed by atoms with Crippen LogP contribution in [-0.4, -0.2) is 31.5 Å². The van der Waals surface area contributed by atoms with Crippen molar-refractivity contribution >= 4 is 23.8 Å². The van der Waals surface area contributed by atoms with Gasteiger partial charge in [-0.05, 0) is 23.8 Å². The van der Waals surface area contributed by atoms with Crippen molar-refractivity contribution in [2.45, 2.75) is 11.6 Å². The quantitative estimate of drug-likeness (QED) is 0.701. The van der Waals surface area contributed by atoms with Gasteiger partial charge in [-0.15, -0.1) is 11.8 Å². The van der Waals surface area contributed by atoms with Gasteiger partial charge in [-0.1, -0.05) is 0 Å². The van der Waals surface area contributed by atoms with Crippen LogP contribution in [0.1, 0.15) is 11.1 Å². The topological polar surface area (TPSA) is 112 Å². The van der Waals surface area contributed by atoms with Crippen LogP contribution < -0.4 is 11.2 Å². The Morgan fingerprint density at radius 1 is 1.28 bits per heavy atom. The minimum absolute atomic E-state index is 0.00470. The highest BCUT2D eigenvalue weighted by Gasteiger charge is 2.21. The lowest BCUT2D eigenvalue weighted by Crippen LogP contribution is -2.38. The number of aromatic nitrogens is 2. The monoisotopic (exact) mass is 368 g/mol. The Morgan fingerprint density at radius 3 is 2.52 bits per heavy atom. The Bertz CT molecular complexity index is 1020. The van der Waals surface area contributed by atoms with Gasteiger partial charge in [0.2, 0.25) is 0 Å². The van der Waals surface area contributed by atoms with Gasteiger partial charge in [0.15, 0.2) is 17.4 Å². The molecule has 10 heteroatoms. The molecule has 1 aromatic heterocycles. The van der Waals surface area contributed by atoms with Gasteiger partial charge >= 0.3 is 11.7 Å². The van der Waals surface area contributed by atoms with Gasteiger partial charge in [-0.25, -0.2) is 18.4 Å². The number of phenols is 1. The van der Waals surface area contributed by atoms with Crippen LogP contribution in [0, 0.1) is 11.6 Å². The molecule has 0 radical (unpaired) electrons. The van der Waals surface area contributed by atoms with Gasteiger partial charge in [0, 0.05) is 11.3 Å². The van der Waals surface area contributed by atoms with Crippen molar-refractivity contribution in [3.63, 3.8) is 0 Å². The van der Waals surface area contributed by atoms with E-state index < -0.39 is 41.1 Å². The zero-order chi connectivity index (χ0) is 18.3. The molecule has 0 amide bonds. The van der Waals surface area contributed by atoms with E-state index in [9.17, 15) is 23.2 Å². The van der Waals surface area contributed by atoms with Gasteiger partial charge in [0.25, 0.3) is 5.56 Å². The first kappa shape index (κ1) is 17.0. The molecule has 1 aliphatic heterocycles. The van der Waals surface area contributed by atoms with Gasteiger partial charge in [-0.3, -0.25) is 9.36 Å². The molecule has 0 atom stereocenters. The number of aromatic hydroxyl groups is 1. The first-order chi connectivity index (χ1) is 11.8. The van der Waals surface area contributed by atoms with Gasteiger partial charge in [0.05, 0.1) is 17.1 Å². The molecule has 3 rings (SSSR count). The lowest BCUT2D eigenvalue weighted by Gasteiger charge is -2.14. The number of phenolic OH excluding ortho intramolecular Hbond substituents is 1. The van der Waals surface area contributed by atoms with Gasteiger partial charge in [0.1, 0.15) is 0 Å². The van der Waals surface area contributed by atoms with Crippen LogP contribution in [0.15, 0.2) is 32.3 Å². The van der Waals surface area contributed by atoms with Crippen molar-refractivity contribution in [2.24, 2.45) is 0 Å². The summed E-state index contributed by atoms with van der Waals surface area (Å²) in [6, 6.07) is 1.61. The fraction of sp³-hybridized carbons (Fsp3) is 0.133. The molecule has 1 aromatic carbocycles. The Hall–Kier alpha value is -2.88. The molecule has 2 aromatic rings. The number of hydrogen-bond acceptors (Lipinski definition) is 5. The molecule has 130 valence electrons. The van der Waals surface area contributed by atoms with Crippen molar-refractivity contribution < 1.29 is 23.8 Å². The lowest BCUT2D eigenvalue weighted by molar-refractivity contribution is -0.132. The Labute approximate surface area is 142 Å². The molecular formula is C15H10F2N2O5S. The van der Waals surface area contributed by atoms with Crippen LogP contribution in [0.5, 0.6) is 5.75 Å². The maximum atomic E-state index is 13.4. The standard InChI is InChI=1S/C15H10F2N2O5S/c16-9-1-6(2-10(17)11(9)20)4-19-13(21)8-3-7(14(22)23)5-25-12(8)18-15(19)24/h1-3,20H,4-5H2,(H,18,24)(H,22,23). The summed E-state index contributed by atoms with van der Waals surface area (Å²) in [6.45, 7) is -0.448. The van der Waals surface area contributed by atoms with Gasteiger partial charge < -0.3 is 15.2 Å². The molecule has 0 fully saturated rings. The van der Waals surface area contributed by atoms with Crippen molar-refractivity contribution in [2.75, 3.05) is 5.75 Å². The number of carbonyl (C=O) groups is 1. The molecule has 0 unspecified atom stereocenters. The number of carboxylic acid groups (broad SMARTS) is 1. The molecule has 25 heavy (non-hydrogen) atoms. The third-order valence-electron chi connectivity index (χ3n) is 3.57. The molecule has 0 saturated carbocycles. The summed E-state index contributed by atoms with van der Waals surface area (Å²) in [6.07, 6.45) is 1.17. The minimum Gasteiger partial charge on any atom is -0.503 e. The number of H-pyrrole nitrogens is 1. The fourth-order valence-corrected chi connectivity index (χ4v) is 3.30. The third kappa shape index (κ3) is 3.07. The Morgan fingerprint density at radius 2 is 1.92 bits per heavy atom. The predicted molar refractivity (Wildman–Crippen MR) is 84.8 cm³/mol. The normalized spacial score (nSPS) is 13.3. The van der Waals surface area contributed by atoms with Crippen LogP contribution in [0.3, 0.4) is 0 Å². The minimum atomic E-state index is -1.22. The number of nitrogens with zero attached hydrogens (tertiary/aromatic N) is 1. The second kappa shape index (κ2) is 6.20. The number of thioether (sulfide) groups is 1. The molecule has 0 saturated heterocycles. The summed E-state index contributed by atoms with van der Waals surface area (Å²) in [5.74, 6) is -4.68. The summed E-state index contributed by atoms with van der Waals surface area (Å²) >= 11 is 1.00. The fourth-order valence-electron chi connectivity index (χ4n) is 2.33. The molecule has 0 bridgehead atoms. The summed E-state index contributed by atoms with van der Waals surface area (Å²) in [4.78, 5) is 38.1. The summed E-state index contributed by atoms with van der Waals surface area (Å²) in [5.41, 5.74) is -1.63. The van der Waals surface area contributed by atoms with Crippen LogP contribution in [0.4, 0.5) is 8.78 Å². The predicted octanol–water partition coefficient (Wildman–Crippen LogP) is 1.14. The Kier molecular flexibility index (Phi) is 4.21. The number of aliphatic carboxylic acids is 1. The maximum Gasteiger partial charge on any atom is 0.332 e. The number of fused-ring (bicyclic) bond motifs is 1. The van der Waals surface area contributed by atoms with Crippen LogP contribution >= 0.6 is 11.8 Å². The number of carboxylic acids is 1. The SMILES string of the molecule is O=C(O)C1=Cc2c([nH]c(=O)n(Cc3cc(F)c(O)c(F)c3)c2=O)SC1. The second-order valence-corrected chi connectivity index (χ2v) is 6.22. The van der Waals surface area contributed by atoms with Crippen molar-refractivity contribution in [1.29, 1.82) is 0 Å². The van der Waals surface area contributed by atoms with E-state index in [1.165, 1.54) is 6.08 Å². The molecular weight excluding hydrogens is 358 g/mol. The number of hydrogen-bond donors (Lipinski definition) is 3. The first-order valence-electron chi connectivity index (χ1n) is 6.88. The number of rotatable bonds is 3. The highest BCUT2D eigenvalue weighted by Crippen LogP contribution is 2.27. The average Bonchev–Trinajstić information content (AvgIpc) is 2.56. The highest BCUT2D eigenvalue weighted by atomic mass is 32.2. The third-order valence-corrected chi connectivity index (χ3v) is 4.63. The second-order valence-electron chi connectivity index (χ2n) is 5.24. The smallest absolute Gasteiger partial charge is 0.332 e. The number of aromatic amines is 1. The molecule has 1 aliphatic rings. The highest BCUT2D eigenvalue weighted by molar-refractivity contribution is 7.99. The molecule has 3 N–H and O–H groups in total. The molecule has 0 spiro atoms. The van der Waals surface area contributed by atoms with E-state index in [1.807, 2.05) is 0 Å². The van der Waals surface area contributed by atoms with Crippen LogP contribution in [0.25, 0.3) is 6.08 Å². The van der Waals surface area contributed by atoms with E-state index >= 15 is 0 Å². The molecule has 2 heterocycles. The summed E-state index contributed by atoms with van der Waals surface area (Å²) in [7, 11) is 0. The van der Waals surface area contributed by atoms with E-state index in [1.54, 1.807) is 0 Å². The molecule has 0 aliphatic carbocycles. The van der Waals surface area contributed by atoms with Gasteiger partial charge in [-0.2, -0.15) is 0 Å². The zero-order valence-electron chi connectivity index (χ0n) is 12.4. The largest absolute Gasteiger partial charge is 0.503 e. The van der Waals surface area contributed by atoms with Crippen LogP contribution in [-0.2, 0) is 11.3 Å². The summed E-state index contributed by atoms with van der Waals surface area (Å²) < 4.78 is 27.5. The van der Waals surface area contributed by atoms with Crippen LogP contribution in [0.2, 0.25) is 0 Å². The number of nitrogens with one attached hydrogen (secondary N) is 1. The number of halogens is 2.